The van der Waals surface area contributed by atoms with Crippen LogP contribution in [-0.2, 0) is 0 Å². The maximum absolute atomic E-state index is 9.81. The van der Waals surface area contributed by atoms with Crippen LogP contribution in [0.1, 0.15) is 39.5 Å². The van der Waals surface area contributed by atoms with Crippen molar-refractivity contribution in [1.82, 2.24) is 15.0 Å². The molecule has 2 N–H and O–H groups in total. The van der Waals surface area contributed by atoms with Crippen LogP contribution in [0.5, 0.6) is 0 Å². The SMILES string of the molecule is CC1(C)C(O)CC1Nc1nc(Cl)nc(N2CCCCC2)n1. The number of nitrogens with one attached hydrogen (secondary N) is 1. The van der Waals surface area contributed by atoms with E-state index in [1.54, 1.807) is 0 Å². The van der Waals surface area contributed by atoms with E-state index < -0.39 is 0 Å². The van der Waals surface area contributed by atoms with Crippen molar-refractivity contribution < 1.29 is 5.11 Å². The molecule has 2 heterocycles. The minimum absolute atomic E-state index is 0.153. The zero-order chi connectivity index (χ0) is 15.0. The highest BCUT2D eigenvalue weighted by atomic mass is 35.5. The molecule has 1 aliphatic carbocycles. The number of aliphatic hydroxyl groups excluding tert-OH is 1. The van der Waals surface area contributed by atoms with Crippen molar-refractivity contribution in [3.63, 3.8) is 0 Å². The Hall–Kier alpha value is -1.14. The number of rotatable bonds is 3. The Balaban J connectivity index is 1.75. The quantitative estimate of drug-likeness (QED) is 0.890. The van der Waals surface area contributed by atoms with E-state index >= 15 is 0 Å². The number of aliphatic hydroxyl groups is 1. The average Bonchev–Trinajstić information content (AvgIpc) is 2.47. The first-order chi connectivity index (χ1) is 9.96. The first-order valence-corrected chi connectivity index (χ1v) is 7.96. The van der Waals surface area contributed by atoms with Crippen molar-refractivity contribution in [1.29, 1.82) is 0 Å². The van der Waals surface area contributed by atoms with Gasteiger partial charge in [0.2, 0.25) is 17.2 Å². The highest BCUT2D eigenvalue weighted by Gasteiger charge is 2.47. The van der Waals surface area contributed by atoms with Crippen LogP contribution in [0.25, 0.3) is 0 Å². The molecule has 1 aliphatic heterocycles. The number of nitrogens with zero attached hydrogens (tertiary/aromatic N) is 4. The molecule has 1 aromatic heterocycles. The van der Waals surface area contributed by atoms with E-state index in [2.05, 4.69) is 25.2 Å². The molecule has 0 amide bonds. The van der Waals surface area contributed by atoms with Gasteiger partial charge in [0.1, 0.15) is 0 Å². The van der Waals surface area contributed by atoms with E-state index in [1.165, 1.54) is 6.42 Å². The molecule has 2 atom stereocenters. The Labute approximate surface area is 130 Å². The van der Waals surface area contributed by atoms with E-state index in [0.29, 0.717) is 18.3 Å². The molecular weight excluding hydrogens is 290 g/mol. The minimum Gasteiger partial charge on any atom is -0.392 e. The predicted molar refractivity (Wildman–Crippen MR) is 82.7 cm³/mol. The second kappa shape index (κ2) is 5.57. The Morgan fingerprint density at radius 2 is 1.90 bits per heavy atom. The van der Waals surface area contributed by atoms with Crippen LogP contribution in [-0.4, -0.2) is 45.3 Å². The standard InChI is InChI=1S/C14H22ClN5O/c1-14(2)9(8-10(14)21)16-12-17-11(15)18-13(19-12)20-6-4-3-5-7-20/h9-10,21H,3-8H2,1-2H3,(H,16,17,18,19). The molecule has 6 nitrogen and oxygen atoms in total. The zero-order valence-corrected chi connectivity index (χ0v) is 13.3. The molecule has 3 rings (SSSR count). The number of halogens is 1. The summed E-state index contributed by atoms with van der Waals surface area (Å²) in [5.41, 5.74) is -0.176. The predicted octanol–water partition coefficient (Wildman–Crippen LogP) is 2.09. The van der Waals surface area contributed by atoms with Crippen LogP contribution in [0.15, 0.2) is 0 Å². The minimum atomic E-state index is -0.283. The molecular formula is C14H22ClN5O. The van der Waals surface area contributed by atoms with Crippen molar-refractivity contribution >= 4 is 23.5 Å². The van der Waals surface area contributed by atoms with E-state index in [1.807, 2.05) is 13.8 Å². The first kappa shape index (κ1) is 14.8. The number of anilines is 2. The van der Waals surface area contributed by atoms with E-state index in [0.717, 1.165) is 25.9 Å². The molecule has 0 bridgehead atoms. The Kier molecular flexibility index (Phi) is 3.92. The van der Waals surface area contributed by atoms with Gasteiger partial charge in [0.25, 0.3) is 0 Å². The first-order valence-electron chi connectivity index (χ1n) is 7.58. The molecule has 0 aromatic carbocycles. The molecule has 2 aliphatic rings. The van der Waals surface area contributed by atoms with Crippen molar-refractivity contribution in [2.75, 3.05) is 23.3 Å². The molecule has 1 saturated heterocycles. The lowest BCUT2D eigenvalue weighted by Gasteiger charge is -2.49. The molecule has 2 fully saturated rings. The number of hydrogen-bond acceptors (Lipinski definition) is 6. The molecule has 21 heavy (non-hydrogen) atoms. The van der Waals surface area contributed by atoms with Crippen LogP contribution in [0, 0.1) is 5.41 Å². The topological polar surface area (TPSA) is 74.2 Å². The smallest absolute Gasteiger partial charge is 0.231 e. The summed E-state index contributed by atoms with van der Waals surface area (Å²) in [6.45, 7) is 6.00. The number of piperidine rings is 1. The van der Waals surface area contributed by atoms with Gasteiger partial charge in [-0.05, 0) is 37.3 Å². The second-order valence-electron chi connectivity index (χ2n) is 6.55. The van der Waals surface area contributed by atoms with Crippen molar-refractivity contribution in [3.8, 4) is 0 Å². The summed E-state index contributed by atoms with van der Waals surface area (Å²) in [5.74, 6) is 1.15. The fraction of sp³-hybridized carbons (Fsp3) is 0.786. The summed E-state index contributed by atoms with van der Waals surface area (Å²) in [6, 6.07) is 0.153. The van der Waals surface area contributed by atoms with Gasteiger partial charge >= 0.3 is 0 Å². The van der Waals surface area contributed by atoms with Crippen LogP contribution < -0.4 is 10.2 Å². The van der Waals surface area contributed by atoms with Crippen LogP contribution in [0.2, 0.25) is 5.28 Å². The molecule has 0 radical (unpaired) electrons. The highest BCUT2D eigenvalue weighted by Crippen LogP contribution is 2.41. The fourth-order valence-electron chi connectivity index (χ4n) is 2.94. The summed E-state index contributed by atoms with van der Waals surface area (Å²) in [5, 5.41) is 13.3. The van der Waals surface area contributed by atoms with Crippen LogP contribution in [0.4, 0.5) is 11.9 Å². The summed E-state index contributed by atoms with van der Waals surface area (Å²) in [4.78, 5) is 15.1. The third-order valence-corrected chi connectivity index (χ3v) is 4.92. The van der Waals surface area contributed by atoms with Gasteiger partial charge in [-0.15, -0.1) is 0 Å². The summed E-state index contributed by atoms with van der Waals surface area (Å²) >= 11 is 6.04. The summed E-state index contributed by atoms with van der Waals surface area (Å²) < 4.78 is 0. The average molecular weight is 312 g/mol. The Bertz CT molecular complexity index is 518. The lowest BCUT2D eigenvalue weighted by Crippen LogP contribution is -2.57. The van der Waals surface area contributed by atoms with Gasteiger partial charge in [-0.1, -0.05) is 13.8 Å². The van der Waals surface area contributed by atoms with Crippen molar-refractivity contribution in [2.45, 2.75) is 51.7 Å². The Morgan fingerprint density at radius 3 is 2.52 bits per heavy atom. The molecule has 7 heteroatoms. The van der Waals surface area contributed by atoms with Crippen molar-refractivity contribution in [3.05, 3.63) is 5.28 Å². The van der Waals surface area contributed by atoms with Crippen LogP contribution >= 0.6 is 11.6 Å². The molecule has 1 aromatic rings. The third-order valence-electron chi connectivity index (χ3n) is 4.75. The van der Waals surface area contributed by atoms with Gasteiger partial charge in [0, 0.05) is 24.5 Å². The normalized spacial score (nSPS) is 28.1. The second-order valence-corrected chi connectivity index (χ2v) is 6.88. The van der Waals surface area contributed by atoms with Gasteiger partial charge < -0.3 is 15.3 Å². The van der Waals surface area contributed by atoms with Gasteiger partial charge in [0.05, 0.1) is 6.10 Å². The monoisotopic (exact) mass is 311 g/mol. The molecule has 1 saturated carbocycles. The van der Waals surface area contributed by atoms with Gasteiger partial charge in [-0.3, -0.25) is 0 Å². The number of aromatic nitrogens is 3. The number of hydrogen-bond donors (Lipinski definition) is 2. The van der Waals surface area contributed by atoms with E-state index in [4.69, 9.17) is 11.6 Å². The largest absolute Gasteiger partial charge is 0.392 e. The lowest BCUT2D eigenvalue weighted by molar-refractivity contribution is -0.0512. The van der Waals surface area contributed by atoms with Crippen molar-refractivity contribution in [2.24, 2.45) is 5.41 Å². The highest BCUT2D eigenvalue weighted by molar-refractivity contribution is 6.28. The van der Waals surface area contributed by atoms with Gasteiger partial charge in [-0.25, -0.2) is 0 Å². The van der Waals surface area contributed by atoms with Gasteiger partial charge in [-0.2, -0.15) is 15.0 Å². The van der Waals surface area contributed by atoms with Crippen LogP contribution in [0.3, 0.4) is 0 Å². The van der Waals surface area contributed by atoms with E-state index in [-0.39, 0.29) is 22.8 Å². The molecule has 2 unspecified atom stereocenters. The summed E-state index contributed by atoms with van der Waals surface area (Å²) in [7, 11) is 0. The maximum Gasteiger partial charge on any atom is 0.231 e. The Morgan fingerprint density at radius 1 is 1.19 bits per heavy atom. The zero-order valence-electron chi connectivity index (χ0n) is 12.5. The maximum atomic E-state index is 9.81. The fourth-order valence-corrected chi connectivity index (χ4v) is 3.10. The van der Waals surface area contributed by atoms with Gasteiger partial charge in [0.15, 0.2) is 0 Å². The lowest BCUT2D eigenvalue weighted by atomic mass is 9.65. The van der Waals surface area contributed by atoms with E-state index in [9.17, 15) is 5.11 Å². The third kappa shape index (κ3) is 2.92. The molecule has 116 valence electrons. The molecule has 0 spiro atoms. The summed E-state index contributed by atoms with van der Waals surface area (Å²) in [6.07, 6.45) is 4.00.